The van der Waals surface area contributed by atoms with Crippen molar-refractivity contribution in [1.29, 1.82) is 0 Å². The van der Waals surface area contributed by atoms with E-state index in [4.69, 9.17) is 9.47 Å². The average Bonchev–Trinajstić information content (AvgIpc) is 3.41. The van der Waals surface area contributed by atoms with Crippen molar-refractivity contribution in [3.8, 4) is 0 Å². The van der Waals surface area contributed by atoms with Gasteiger partial charge in [0.25, 0.3) is 0 Å². The molecule has 0 aliphatic heterocycles. The summed E-state index contributed by atoms with van der Waals surface area (Å²) >= 11 is 0. The van der Waals surface area contributed by atoms with Gasteiger partial charge in [0, 0.05) is 30.5 Å². The van der Waals surface area contributed by atoms with E-state index in [2.05, 4.69) is 22.0 Å². The topological polar surface area (TPSA) is 140 Å². The lowest BCUT2D eigenvalue weighted by Gasteiger charge is -2.49. The van der Waals surface area contributed by atoms with E-state index >= 15 is 4.79 Å². The number of esters is 2. The highest BCUT2D eigenvalue weighted by molar-refractivity contribution is 6.02. The molecule has 11 rings (SSSR count). The van der Waals surface area contributed by atoms with Gasteiger partial charge in [0.15, 0.2) is 0 Å². The molecular weight excluding hydrogens is 875 g/mol. The fourth-order valence-electron chi connectivity index (χ4n) is 10.1. The monoisotopic (exact) mass is 923 g/mol. The molecule has 346 valence electrons. The third-order valence-electron chi connectivity index (χ3n) is 13.3. The minimum Gasteiger partial charge on any atom is -0.457 e. The van der Waals surface area contributed by atoms with Crippen molar-refractivity contribution in [2.24, 2.45) is 11.8 Å². The number of rotatable bonds is 15. The van der Waals surface area contributed by atoms with Crippen molar-refractivity contribution in [1.82, 2.24) is 10.6 Å². The molecule has 3 amide bonds. The van der Waals surface area contributed by atoms with Crippen LogP contribution in [0.4, 0.5) is 5.69 Å². The van der Waals surface area contributed by atoms with Crippen LogP contribution in [0, 0.1) is 11.8 Å². The van der Waals surface area contributed by atoms with E-state index in [1.54, 1.807) is 0 Å². The first-order valence-electron chi connectivity index (χ1n) is 23.4. The van der Waals surface area contributed by atoms with Crippen LogP contribution in [0.25, 0.3) is 10.8 Å². The van der Waals surface area contributed by atoms with Gasteiger partial charge in [-0.15, -0.1) is 0 Å². The van der Waals surface area contributed by atoms with Gasteiger partial charge in [-0.1, -0.05) is 176 Å². The Bertz CT molecular complexity index is 3110. The molecule has 0 radical (unpaired) electrons. The summed E-state index contributed by atoms with van der Waals surface area (Å²) in [6.07, 6.45) is 0.0933. The van der Waals surface area contributed by atoms with Gasteiger partial charge in [0.2, 0.25) is 17.7 Å². The van der Waals surface area contributed by atoms with Crippen molar-refractivity contribution in [3.05, 3.63) is 256 Å². The van der Waals surface area contributed by atoms with Crippen LogP contribution in [0.3, 0.4) is 0 Å². The lowest BCUT2D eigenvalue weighted by molar-refractivity contribution is -0.138. The van der Waals surface area contributed by atoms with E-state index in [0.29, 0.717) is 0 Å². The molecule has 70 heavy (non-hydrogen) atoms. The summed E-state index contributed by atoms with van der Waals surface area (Å²) < 4.78 is 11.3. The minimum atomic E-state index is -1.16. The lowest BCUT2D eigenvalue weighted by atomic mass is 9.53. The molecule has 0 aromatic heterocycles. The number of carbonyl (C=O) groups excluding carboxylic acids is 5. The van der Waals surface area contributed by atoms with E-state index in [-0.39, 0.29) is 48.9 Å². The number of benzene rings is 8. The van der Waals surface area contributed by atoms with Crippen molar-refractivity contribution < 1.29 is 33.4 Å². The Hall–Kier alpha value is -8.63. The standard InChI is InChI=1S/C60H49N3O7/c64-56(62-46-33-44(59(67)69-36-39-18-6-2-7-19-39)32-45(34-46)60(68)70-37-40-20-8-3-9-21-40)51(31-38-16-4-1-5-17-38)63-58(66)55-53-49-26-14-12-24-47(49)52(48-25-13-15-27-50(48)53)54(55)57(65)61-35-41-28-29-42-22-10-11-23-43(42)30-41/h1-30,32-34,51-55H,31,35-37H2,(H,61,65)(H,62,64)(H,63,66)/t51-,52?,53?,54-,55+/m0/s1. The van der Waals surface area contributed by atoms with Crippen LogP contribution in [-0.2, 0) is 50.0 Å². The Morgan fingerprint density at radius 1 is 0.443 bits per heavy atom. The van der Waals surface area contributed by atoms with Crippen LogP contribution in [0.5, 0.6) is 0 Å². The zero-order valence-electron chi connectivity index (χ0n) is 38.1. The Labute approximate surface area is 405 Å². The second-order valence-electron chi connectivity index (χ2n) is 17.8. The Morgan fingerprint density at radius 2 is 0.900 bits per heavy atom. The van der Waals surface area contributed by atoms with E-state index in [9.17, 15) is 19.2 Å². The van der Waals surface area contributed by atoms with Gasteiger partial charge >= 0.3 is 11.9 Å². The number of anilines is 1. The SMILES string of the molecule is O=C(OCc1ccccc1)c1cc(NC(=O)[C@H](Cc2ccccc2)NC(=O)[C@@H]2C3c4ccccc4C(c4ccccc43)[C@@H]2C(=O)NCc2ccc3ccccc3c2)cc(C(=O)OCc2ccccc2)c1. The van der Waals surface area contributed by atoms with Crippen molar-refractivity contribution >= 4 is 46.1 Å². The van der Waals surface area contributed by atoms with E-state index < -0.39 is 53.5 Å². The highest BCUT2D eigenvalue weighted by atomic mass is 16.5. The maximum absolute atomic E-state index is 15.4. The van der Waals surface area contributed by atoms with Crippen LogP contribution in [-0.4, -0.2) is 35.7 Å². The normalized spacial score (nSPS) is 16.7. The Morgan fingerprint density at radius 3 is 1.43 bits per heavy atom. The number of hydrogen-bond acceptors (Lipinski definition) is 7. The van der Waals surface area contributed by atoms with Crippen LogP contribution in [0.15, 0.2) is 200 Å². The fraction of sp³-hybridized carbons (Fsp3) is 0.150. The van der Waals surface area contributed by atoms with Crippen molar-refractivity contribution in [2.45, 2.75) is 44.1 Å². The van der Waals surface area contributed by atoms with Crippen molar-refractivity contribution in [2.75, 3.05) is 5.32 Å². The Balaban J connectivity index is 0.964. The summed E-state index contributed by atoms with van der Waals surface area (Å²) in [5.41, 5.74) is 7.31. The van der Waals surface area contributed by atoms with Crippen LogP contribution in [0.2, 0.25) is 0 Å². The summed E-state index contributed by atoms with van der Waals surface area (Å²) in [5, 5.41) is 11.4. The number of hydrogen-bond donors (Lipinski definition) is 3. The molecule has 2 bridgehead atoms. The third-order valence-corrected chi connectivity index (χ3v) is 13.3. The molecule has 0 unspecified atom stereocenters. The van der Waals surface area contributed by atoms with Gasteiger partial charge in [-0.3, -0.25) is 14.4 Å². The summed E-state index contributed by atoms with van der Waals surface area (Å²) in [7, 11) is 0. The molecule has 3 aliphatic carbocycles. The number of carbonyl (C=O) groups is 5. The van der Waals surface area contributed by atoms with Gasteiger partial charge in [-0.05, 0) is 79.5 Å². The van der Waals surface area contributed by atoms with Crippen molar-refractivity contribution in [3.63, 3.8) is 0 Å². The zero-order chi connectivity index (χ0) is 48.0. The molecule has 0 fully saturated rings. The molecule has 8 aromatic rings. The average molecular weight is 924 g/mol. The first-order valence-corrected chi connectivity index (χ1v) is 23.4. The summed E-state index contributed by atoms with van der Waals surface area (Å²) in [4.78, 5) is 72.3. The minimum absolute atomic E-state index is 0.0112. The number of amides is 3. The molecule has 10 nitrogen and oxygen atoms in total. The quantitative estimate of drug-likeness (QED) is 0.0870. The first kappa shape index (κ1) is 45.2. The largest absolute Gasteiger partial charge is 0.457 e. The number of nitrogens with one attached hydrogen (secondary N) is 3. The van der Waals surface area contributed by atoms with Gasteiger partial charge in [0.05, 0.1) is 23.0 Å². The molecule has 8 aromatic carbocycles. The summed E-state index contributed by atoms with van der Waals surface area (Å²) in [5.74, 6) is -5.40. The predicted molar refractivity (Wildman–Crippen MR) is 268 cm³/mol. The maximum atomic E-state index is 15.4. The third kappa shape index (κ3) is 9.70. The molecule has 3 aliphatic rings. The van der Waals surface area contributed by atoms with Crippen LogP contribution < -0.4 is 16.0 Å². The lowest BCUT2D eigenvalue weighted by Crippen LogP contribution is -2.55. The smallest absolute Gasteiger partial charge is 0.338 e. The highest BCUT2D eigenvalue weighted by Gasteiger charge is 2.55. The molecule has 0 saturated heterocycles. The second kappa shape index (κ2) is 20.3. The van der Waals surface area contributed by atoms with E-state index in [1.165, 1.54) is 18.2 Å². The first-order chi connectivity index (χ1) is 34.3. The molecule has 0 spiro atoms. The van der Waals surface area contributed by atoms with Gasteiger partial charge in [-0.25, -0.2) is 9.59 Å². The summed E-state index contributed by atoms with van der Waals surface area (Å²) in [6.45, 7) is 0.222. The molecule has 0 heterocycles. The van der Waals surface area contributed by atoms with Gasteiger partial charge < -0.3 is 25.4 Å². The van der Waals surface area contributed by atoms with E-state index in [1.807, 2.05) is 176 Å². The highest BCUT2D eigenvalue weighted by Crippen LogP contribution is 2.58. The fourth-order valence-corrected chi connectivity index (χ4v) is 10.1. The summed E-state index contributed by atoms with van der Waals surface area (Å²) in [6, 6.07) is 60.9. The number of ether oxygens (including phenoxy) is 2. The number of fused-ring (bicyclic) bond motifs is 2. The van der Waals surface area contributed by atoms with Crippen LogP contribution >= 0.6 is 0 Å². The Kier molecular flexibility index (Phi) is 13.1. The maximum Gasteiger partial charge on any atom is 0.338 e. The van der Waals surface area contributed by atoms with E-state index in [0.717, 1.165) is 55.3 Å². The second-order valence-corrected chi connectivity index (χ2v) is 17.8. The molecule has 3 atom stereocenters. The van der Waals surface area contributed by atoms with Crippen LogP contribution in [0.1, 0.15) is 77.1 Å². The molecule has 0 saturated carbocycles. The molecular formula is C60H49N3O7. The molecule has 3 N–H and O–H groups in total. The zero-order valence-corrected chi connectivity index (χ0v) is 38.1. The van der Waals surface area contributed by atoms with Gasteiger partial charge in [-0.2, -0.15) is 0 Å². The predicted octanol–water partition coefficient (Wildman–Crippen LogP) is 10.1. The molecule has 10 heteroatoms. The van der Waals surface area contributed by atoms with Gasteiger partial charge in [0.1, 0.15) is 19.3 Å².